The number of halogens is 1. The van der Waals surface area contributed by atoms with Crippen molar-refractivity contribution < 1.29 is 9.18 Å². The second kappa shape index (κ2) is 11.2. The van der Waals surface area contributed by atoms with Gasteiger partial charge in [-0.05, 0) is 37.5 Å². The lowest BCUT2D eigenvalue weighted by atomic mass is 10.0. The number of benzene rings is 1. The van der Waals surface area contributed by atoms with E-state index in [1.54, 1.807) is 17.0 Å². The Hall–Kier alpha value is -1.38. The van der Waals surface area contributed by atoms with Gasteiger partial charge in [-0.25, -0.2) is 4.39 Å². The molecule has 0 unspecified atom stereocenters. The van der Waals surface area contributed by atoms with Crippen molar-refractivity contribution in [3.05, 3.63) is 29.6 Å². The molecule has 0 radical (unpaired) electrons. The first-order chi connectivity index (χ1) is 10.9. The summed E-state index contributed by atoms with van der Waals surface area (Å²) < 4.78 is 14.3. The first-order valence-electron chi connectivity index (χ1n) is 9.01. The van der Waals surface area contributed by atoms with Crippen LogP contribution >= 0.6 is 0 Å². The minimum Gasteiger partial charge on any atom is -0.306 e. The topological polar surface area (TPSA) is 20.3 Å². The second-order valence-corrected chi connectivity index (χ2v) is 6.05. The molecule has 2 nitrogen and oxygen atoms in total. The molecule has 0 aliphatic carbocycles. The second-order valence-electron chi connectivity index (χ2n) is 6.05. The maximum Gasteiger partial charge on any atom is 0.229 e. The Bertz CT molecular complexity index is 465. The zero-order chi connectivity index (χ0) is 18.0. The van der Waals surface area contributed by atoms with Crippen LogP contribution in [0.4, 0.5) is 10.1 Å². The van der Waals surface area contributed by atoms with E-state index >= 15 is 0 Å². The summed E-state index contributed by atoms with van der Waals surface area (Å²) in [7, 11) is 0. The maximum absolute atomic E-state index is 14.3. The Labute approximate surface area is 142 Å². The van der Waals surface area contributed by atoms with Crippen LogP contribution in [-0.2, 0) is 4.79 Å². The van der Waals surface area contributed by atoms with Crippen LogP contribution in [0.1, 0.15) is 72.8 Å². The van der Waals surface area contributed by atoms with Gasteiger partial charge in [-0.15, -0.1) is 0 Å². The lowest BCUT2D eigenvalue weighted by Crippen LogP contribution is -2.43. The molecule has 0 saturated carbocycles. The van der Waals surface area contributed by atoms with E-state index in [9.17, 15) is 9.18 Å². The molecule has 1 amide bonds. The molecule has 0 atom stereocenters. The van der Waals surface area contributed by atoms with Crippen molar-refractivity contribution in [3.8, 4) is 0 Å². The van der Waals surface area contributed by atoms with Crippen LogP contribution in [0.5, 0.6) is 0 Å². The van der Waals surface area contributed by atoms with Gasteiger partial charge in [0.15, 0.2) is 0 Å². The van der Waals surface area contributed by atoms with Crippen molar-refractivity contribution in [2.45, 2.75) is 80.2 Å². The fourth-order valence-electron chi connectivity index (χ4n) is 2.65. The molecule has 0 aromatic heterocycles. The molecular formula is C20H34FNO. The molecular weight excluding hydrogens is 289 g/mol. The van der Waals surface area contributed by atoms with E-state index in [0.717, 1.165) is 31.2 Å². The first kappa shape index (κ1) is 21.6. The minimum absolute atomic E-state index is 0.00593. The van der Waals surface area contributed by atoms with Gasteiger partial charge in [0, 0.05) is 12.0 Å². The summed E-state index contributed by atoms with van der Waals surface area (Å²) in [6, 6.07) is 5.06. The zero-order valence-corrected chi connectivity index (χ0v) is 15.9. The third-order valence-electron chi connectivity index (χ3n) is 3.70. The number of rotatable bonds is 7. The molecule has 0 N–H and O–H groups in total. The summed E-state index contributed by atoms with van der Waals surface area (Å²) in [6.07, 6.45) is 3.78. The molecule has 0 saturated heterocycles. The maximum atomic E-state index is 14.3. The van der Waals surface area contributed by atoms with Crippen LogP contribution in [0.3, 0.4) is 0 Å². The summed E-state index contributed by atoms with van der Waals surface area (Å²) in [5.41, 5.74) is 1.40. The lowest BCUT2D eigenvalue weighted by molar-refractivity contribution is -0.122. The Kier molecular flexibility index (Phi) is 10.5. The van der Waals surface area contributed by atoms with Gasteiger partial charge in [-0.3, -0.25) is 4.79 Å². The van der Waals surface area contributed by atoms with Gasteiger partial charge >= 0.3 is 0 Å². The quantitative estimate of drug-likeness (QED) is 0.592. The Balaban J connectivity index is 0.00000232. The number of hydrogen-bond donors (Lipinski definition) is 0. The molecule has 1 aromatic rings. The van der Waals surface area contributed by atoms with E-state index in [0.29, 0.717) is 5.69 Å². The van der Waals surface area contributed by atoms with E-state index < -0.39 is 0 Å². The number of carbonyl (C=O) groups excluding carboxylic acids is 1. The summed E-state index contributed by atoms with van der Waals surface area (Å²) >= 11 is 0. The number of nitrogens with zero attached hydrogens (tertiary/aromatic N) is 1. The molecule has 3 heteroatoms. The van der Waals surface area contributed by atoms with Crippen molar-refractivity contribution in [1.29, 1.82) is 0 Å². The fourth-order valence-corrected chi connectivity index (χ4v) is 2.65. The van der Waals surface area contributed by atoms with E-state index in [-0.39, 0.29) is 23.7 Å². The molecule has 0 aliphatic heterocycles. The fraction of sp³-hybridized carbons (Fsp3) is 0.650. The summed E-state index contributed by atoms with van der Waals surface area (Å²) in [6.45, 7) is 13.9. The molecule has 23 heavy (non-hydrogen) atoms. The van der Waals surface area contributed by atoms with Crippen LogP contribution in [0, 0.1) is 18.7 Å². The number of amides is 1. The third-order valence-corrected chi connectivity index (χ3v) is 3.70. The monoisotopic (exact) mass is 323 g/mol. The van der Waals surface area contributed by atoms with Crippen LogP contribution in [0.15, 0.2) is 18.2 Å². The average Bonchev–Trinajstić information content (AvgIpc) is 2.53. The van der Waals surface area contributed by atoms with Crippen molar-refractivity contribution >= 4 is 11.6 Å². The standard InChI is InChI=1S/C18H28FNO.C2H6/c1-6-8-15(9-7-2)20(18(21)13(3)4)17-12-14(5)10-11-16(17)19;1-2/h10-13,15H,6-9H2,1-5H3;1-2H3. The highest BCUT2D eigenvalue weighted by molar-refractivity contribution is 5.95. The predicted octanol–water partition coefficient (Wildman–Crippen LogP) is 6.12. The number of aryl methyl sites for hydroxylation is 1. The Morgan fingerprint density at radius 2 is 1.65 bits per heavy atom. The third kappa shape index (κ3) is 6.32. The van der Waals surface area contributed by atoms with Crippen LogP contribution < -0.4 is 4.90 Å². The minimum atomic E-state index is -0.313. The van der Waals surface area contributed by atoms with Crippen LogP contribution in [0.2, 0.25) is 0 Å². The number of hydrogen-bond acceptors (Lipinski definition) is 1. The van der Waals surface area contributed by atoms with E-state index in [2.05, 4.69) is 13.8 Å². The van der Waals surface area contributed by atoms with Gasteiger partial charge < -0.3 is 4.90 Å². The van der Waals surface area contributed by atoms with Gasteiger partial charge in [0.05, 0.1) is 5.69 Å². The van der Waals surface area contributed by atoms with Crippen molar-refractivity contribution in [3.63, 3.8) is 0 Å². The molecule has 0 aliphatic rings. The van der Waals surface area contributed by atoms with E-state index in [1.165, 1.54) is 6.07 Å². The molecule has 0 fully saturated rings. The van der Waals surface area contributed by atoms with E-state index in [1.807, 2.05) is 34.6 Å². The Morgan fingerprint density at radius 1 is 1.13 bits per heavy atom. The SMILES string of the molecule is CC.CCCC(CCC)N(C(=O)C(C)C)c1cc(C)ccc1F. The number of anilines is 1. The van der Waals surface area contributed by atoms with Gasteiger partial charge in [0.25, 0.3) is 0 Å². The first-order valence-corrected chi connectivity index (χ1v) is 9.01. The highest BCUT2D eigenvalue weighted by atomic mass is 19.1. The normalized spacial score (nSPS) is 10.5. The van der Waals surface area contributed by atoms with E-state index in [4.69, 9.17) is 0 Å². The largest absolute Gasteiger partial charge is 0.306 e. The molecule has 0 spiro atoms. The van der Waals surface area contributed by atoms with Gasteiger partial charge in [-0.1, -0.05) is 60.5 Å². The molecule has 1 aromatic carbocycles. The molecule has 0 heterocycles. The summed E-state index contributed by atoms with van der Waals surface area (Å²) in [5.74, 6) is -0.445. The highest BCUT2D eigenvalue weighted by Crippen LogP contribution is 2.28. The Morgan fingerprint density at radius 3 is 2.09 bits per heavy atom. The van der Waals surface area contributed by atoms with Crippen LogP contribution in [-0.4, -0.2) is 11.9 Å². The lowest BCUT2D eigenvalue weighted by Gasteiger charge is -2.33. The highest BCUT2D eigenvalue weighted by Gasteiger charge is 2.28. The van der Waals surface area contributed by atoms with Crippen molar-refractivity contribution in [1.82, 2.24) is 0 Å². The van der Waals surface area contributed by atoms with Gasteiger partial charge in [0.1, 0.15) is 5.82 Å². The van der Waals surface area contributed by atoms with Gasteiger partial charge in [0.2, 0.25) is 5.91 Å². The smallest absolute Gasteiger partial charge is 0.229 e. The van der Waals surface area contributed by atoms with Crippen molar-refractivity contribution in [2.24, 2.45) is 5.92 Å². The van der Waals surface area contributed by atoms with Crippen molar-refractivity contribution in [2.75, 3.05) is 4.90 Å². The zero-order valence-electron chi connectivity index (χ0n) is 15.9. The summed E-state index contributed by atoms with van der Waals surface area (Å²) in [5, 5.41) is 0. The van der Waals surface area contributed by atoms with Gasteiger partial charge in [-0.2, -0.15) is 0 Å². The number of carbonyl (C=O) groups is 1. The van der Waals surface area contributed by atoms with Crippen LogP contribution in [0.25, 0.3) is 0 Å². The molecule has 132 valence electrons. The average molecular weight is 323 g/mol. The predicted molar refractivity (Wildman–Crippen MR) is 98.4 cm³/mol. The molecule has 1 rings (SSSR count). The molecule has 0 bridgehead atoms. The summed E-state index contributed by atoms with van der Waals surface area (Å²) in [4.78, 5) is 14.4.